The van der Waals surface area contributed by atoms with Crippen LogP contribution in [0.25, 0.3) is 0 Å². The SMILES string of the molecule is O=C(C[P+](O)(O)O)OC1[C@@H](O[P+](O)(O)O)[C@H](O[P+](O)(O)O)C(O[P+](O)(O)O)[C@H](O[P+](O)(O)O)[C@H]1O[P+](O)(O)O. The lowest BCUT2D eigenvalue weighted by Crippen LogP contribution is -2.67. The molecule has 0 aromatic carbocycles. The van der Waals surface area contributed by atoms with Gasteiger partial charge in [0.15, 0.2) is 36.6 Å². The summed E-state index contributed by atoms with van der Waals surface area (Å²) in [6, 6.07) is 0. The van der Waals surface area contributed by atoms with Crippen molar-refractivity contribution in [3.63, 3.8) is 0 Å². The first kappa shape index (κ1) is 38.2. The van der Waals surface area contributed by atoms with Crippen LogP contribution in [0.5, 0.6) is 0 Å². The van der Waals surface area contributed by atoms with Crippen LogP contribution in [0.3, 0.4) is 0 Å². The van der Waals surface area contributed by atoms with Crippen LogP contribution in [0, 0.1) is 0 Å². The number of hydrogen-bond donors (Lipinski definition) is 18. The molecule has 39 heavy (non-hydrogen) atoms. The lowest BCUT2D eigenvalue weighted by Gasteiger charge is -2.43. The molecule has 0 spiro atoms. The fraction of sp³-hybridized carbons (Fsp3) is 0.875. The summed E-state index contributed by atoms with van der Waals surface area (Å²) in [4.78, 5) is 180. The van der Waals surface area contributed by atoms with Crippen LogP contribution in [0.4, 0.5) is 0 Å². The van der Waals surface area contributed by atoms with Gasteiger partial charge < -0.3 is 4.74 Å². The minimum atomic E-state index is -5.72. The van der Waals surface area contributed by atoms with Gasteiger partial charge in [0.1, 0.15) is 0 Å². The summed E-state index contributed by atoms with van der Waals surface area (Å²) < 4.78 is 26.4. The van der Waals surface area contributed by atoms with E-state index in [1.165, 1.54) is 0 Å². The summed E-state index contributed by atoms with van der Waals surface area (Å²) in [5.41, 5.74) is 0. The highest BCUT2D eigenvalue weighted by atomic mass is 31.2. The third kappa shape index (κ3) is 15.4. The molecule has 0 amide bonds. The van der Waals surface area contributed by atoms with Gasteiger partial charge in [0.05, 0.1) is 0 Å². The Morgan fingerprint density at radius 1 is 0.410 bits per heavy atom. The molecule has 1 aliphatic rings. The molecule has 1 rings (SSSR count). The Morgan fingerprint density at radius 2 is 0.615 bits per heavy atom. The minimum absolute atomic E-state index is 1.72. The van der Waals surface area contributed by atoms with E-state index in [0.29, 0.717) is 0 Å². The molecule has 0 aromatic heterocycles. The number of carbonyl (C=O) groups excluding carboxylic acids is 1. The van der Waals surface area contributed by atoms with Gasteiger partial charge in [0.25, 0.3) is 0 Å². The van der Waals surface area contributed by atoms with Crippen molar-refractivity contribution in [2.75, 3.05) is 6.16 Å². The molecule has 2 unspecified atom stereocenters. The molecule has 1 fully saturated rings. The van der Waals surface area contributed by atoms with Crippen molar-refractivity contribution in [2.45, 2.75) is 36.6 Å². The van der Waals surface area contributed by atoms with Crippen molar-refractivity contribution in [2.24, 2.45) is 0 Å². The van der Waals surface area contributed by atoms with E-state index in [0.717, 1.165) is 0 Å². The lowest BCUT2D eigenvalue weighted by molar-refractivity contribution is -0.223. The summed E-state index contributed by atoms with van der Waals surface area (Å²) in [5.74, 6) is -1.97. The van der Waals surface area contributed by atoms with Gasteiger partial charge in [-0.25, -0.2) is 4.79 Å². The van der Waals surface area contributed by atoms with Crippen LogP contribution < -0.4 is 0 Å². The maximum Gasteiger partial charge on any atom is 0.567 e. The predicted octanol–water partition coefficient (Wildman–Crippen LogP) is -6.15. The first-order valence-corrected chi connectivity index (χ1v) is 18.7. The Labute approximate surface area is 218 Å². The monoisotopic (exact) mass is 708 g/mol. The highest BCUT2D eigenvalue weighted by molar-refractivity contribution is 7.59. The topological polar surface area (TPSA) is 437 Å². The van der Waals surface area contributed by atoms with Crippen LogP contribution in [0.15, 0.2) is 0 Å². The van der Waals surface area contributed by atoms with Gasteiger partial charge in [0, 0.05) is 0 Å². The summed E-state index contributed by atoms with van der Waals surface area (Å²) >= 11 is 0. The van der Waals surface area contributed by atoms with Gasteiger partial charge in [-0.2, -0.15) is 88.1 Å². The van der Waals surface area contributed by atoms with E-state index in [-0.39, 0.29) is 0 Å². The molecular formula is C8H26O25P6+6. The van der Waals surface area contributed by atoms with E-state index in [4.69, 9.17) is 14.7 Å². The first-order valence-electron chi connectivity index (χ1n) is 9.01. The number of ether oxygens (including phenoxy) is 1. The van der Waals surface area contributed by atoms with E-state index < -0.39 is 97.5 Å². The zero-order valence-corrected chi connectivity index (χ0v) is 23.6. The van der Waals surface area contributed by atoms with E-state index in [9.17, 15) is 78.2 Å². The average molecular weight is 708 g/mol. The Hall–Kier alpha value is 1.13. The molecule has 0 bridgehead atoms. The summed E-state index contributed by atoms with van der Waals surface area (Å²) in [6.07, 6.45) is -19.3. The van der Waals surface area contributed by atoms with E-state index in [1.54, 1.807) is 0 Å². The molecule has 0 aliphatic heterocycles. The smallest absolute Gasteiger partial charge is 0.453 e. The summed E-state index contributed by atoms with van der Waals surface area (Å²) in [7, 11) is -33.6. The molecule has 232 valence electrons. The number of esters is 1. The Bertz CT molecular complexity index is 758. The zero-order chi connectivity index (χ0) is 31.0. The quantitative estimate of drug-likeness (QED) is 0.0625. The molecule has 0 saturated heterocycles. The van der Waals surface area contributed by atoms with Crippen molar-refractivity contribution < 1.29 is 120 Å². The van der Waals surface area contributed by atoms with Crippen molar-refractivity contribution in [3.05, 3.63) is 0 Å². The molecule has 0 heterocycles. The number of hydrogen-bond acceptors (Lipinski definition) is 25. The van der Waals surface area contributed by atoms with E-state index in [2.05, 4.69) is 27.4 Å². The largest absolute Gasteiger partial charge is 0.567 e. The second kappa shape index (κ2) is 13.4. The molecule has 0 radical (unpaired) electrons. The van der Waals surface area contributed by atoms with Gasteiger partial charge in [0.2, 0.25) is 6.16 Å². The van der Waals surface area contributed by atoms with Crippen molar-refractivity contribution in [3.8, 4) is 0 Å². The lowest BCUT2D eigenvalue weighted by atomic mass is 9.85. The van der Waals surface area contributed by atoms with Crippen molar-refractivity contribution in [1.82, 2.24) is 0 Å². The summed E-state index contributed by atoms with van der Waals surface area (Å²) in [6.45, 7) is 0. The second-order valence-corrected chi connectivity index (χ2v) is 15.1. The third-order valence-electron chi connectivity index (χ3n) is 3.87. The van der Waals surface area contributed by atoms with Gasteiger partial charge >= 0.3 is 54.8 Å². The fourth-order valence-corrected chi connectivity index (χ4v) is 6.29. The van der Waals surface area contributed by atoms with Gasteiger partial charge in [-0.05, 0) is 0 Å². The van der Waals surface area contributed by atoms with Gasteiger partial charge in [-0.15, -0.1) is 22.6 Å². The molecule has 0 aromatic rings. The van der Waals surface area contributed by atoms with Crippen LogP contribution >= 0.6 is 48.8 Å². The van der Waals surface area contributed by atoms with Crippen LogP contribution in [0.1, 0.15) is 0 Å². The van der Waals surface area contributed by atoms with Crippen LogP contribution in [-0.4, -0.2) is 137 Å². The molecule has 1 aliphatic carbocycles. The first-order chi connectivity index (χ1) is 17.0. The average Bonchev–Trinajstić information content (AvgIpc) is 2.57. The maximum atomic E-state index is 12.2. The second-order valence-electron chi connectivity index (χ2n) is 7.22. The molecule has 6 atom stereocenters. The summed E-state index contributed by atoms with van der Waals surface area (Å²) in [5, 5.41) is 0. The standard InChI is InChI=1S/C8H26O25P6/c9-2(1-34(10,11)12)28-3-4(29-35(13,14)15)6(31-37(19,20)21)8(33-39(25,26)27)7(32-38(22,23)24)5(3)30-36(16,17)18/h3-8,10-27H,1H2/q+6/t3?,4-,5+,6+,7-,8?. The maximum absolute atomic E-state index is 12.2. The highest BCUT2D eigenvalue weighted by Gasteiger charge is 2.71. The molecule has 1 saturated carbocycles. The van der Waals surface area contributed by atoms with Crippen molar-refractivity contribution >= 4 is 54.8 Å². The van der Waals surface area contributed by atoms with Gasteiger partial charge in [-0.3, -0.25) is 0 Å². The van der Waals surface area contributed by atoms with Crippen LogP contribution in [-0.2, 0) is 32.2 Å². The zero-order valence-electron chi connectivity index (χ0n) is 18.3. The Kier molecular flexibility index (Phi) is 13.1. The van der Waals surface area contributed by atoms with Gasteiger partial charge in [-0.1, -0.05) is 0 Å². The Balaban J connectivity index is 3.96. The highest BCUT2D eigenvalue weighted by Crippen LogP contribution is 2.61. The Morgan fingerprint density at radius 3 is 0.795 bits per heavy atom. The molecule has 18 N–H and O–H groups in total. The normalized spacial score (nSPS) is 27.9. The van der Waals surface area contributed by atoms with Crippen LogP contribution in [0.2, 0.25) is 0 Å². The number of carbonyl (C=O) groups is 1. The molecular weight excluding hydrogens is 682 g/mol. The minimum Gasteiger partial charge on any atom is -0.453 e. The van der Waals surface area contributed by atoms with E-state index in [1.807, 2.05) is 0 Å². The predicted molar refractivity (Wildman–Crippen MR) is 121 cm³/mol. The molecule has 25 nitrogen and oxygen atoms in total. The van der Waals surface area contributed by atoms with Crippen molar-refractivity contribution in [1.29, 1.82) is 0 Å². The van der Waals surface area contributed by atoms with E-state index >= 15 is 0 Å². The molecule has 31 heteroatoms. The number of rotatable bonds is 13. The third-order valence-corrected chi connectivity index (χ3v) is 7.18. The fourth-order valence-electron chi connectivity index (χ4n) is 3.03.